The highest BCUT2D eigenvalue weighted by molar-refractivity contribution is 5.72. The molecule has 1 N–H and O–H groups in total. The standard InChI is InChI=1S/C26H31FN4O5/c1-15(2)36-22-12-11-20(13-21(22)27)28-24-29-25(33)31(18(5)17(4)23(32)35-6)26(34)30(24)14-19-9-7-16(3)8-10-19/h7-13,15,17-18H,14H2,1-6H3,(H,28,29,33)/t17-,18+/m0/s1. The fourth-order valence-electron chi connectivity index (χ4n) is 3.63. The summed E-state index contributed by atoms with van der Waals surface area (Å²) >= 11 is 0. The molecule has 0 unspecified atom stereocenters. The van der Waals surface area contributed by atoms with Gasteiger partial charge in [-0.05, 0) is 52.3 Å². The number of H-pyrrole nitrogens is 1. The molecule has 1 heterocycles. The zero-order valence-electron chi connectivity index (χ0n) is 21.2. The lowest BCUT2D eigenvalue weighted by molar-refractivity contribution is -0.146. The number of esters is 1. The summed E-state index contributed by atoms with van der Waals surface area (Å²) in [6.45, 7) is 8.77. The summed E-state index contributed by atoms with van der Waals surface area (Å²) in [6, 6.07) is 10.9. The van der Waals surface area contributed by atoms with E-state index in [-0.39, 0.29) is 29.7 Å². The molecule has 0 fully saturated rings. The van der Waals surface area contributed by atoms with E-state index in [1.807, 2.05) is 31.2 Å². The van der Waals surface area contributed by atoms with E-state index in [0.29, 0.717) is 0 Å². The van der Waals surface area contributed by atoms with E-state index >= 15 is 0 Å². The molecule has 36 heavy (non-hydrogen) atoms. The number of methoxy groups -OCH3 is 1. The van der Waals surface area contributed by atoms with Crippen LogP contribution in [0.25, 0.3) is 0 Å². The van der Waals surface area contributed by atoms with Crippen molar-refractivity contribution < 1.29 is 18.7 Å². The molecule has 0 amide bonds. The van der Waals surface area contributed by atoms with Crippen molar-refractivity contribution in [2.24, 2.45) is 10.9 Å². The zero-order valence-corrected chi connectivity index (χ0v) is 21.2. The Kier molecular flexibility index (Phi) is 8.29. The quantitative estimate of drug-likeness (QED) is 0.480. The van der Waals surface area contributed by atoms with Gasteiger partial charge < -0.3 is 9.47 Å². The predicted octanol–water partition coefficient (Wildman–Crippen LogP) is 3.22. The summed E-state index contributed by atoms with van der Waals surface area (Å²) in [5, 5.41) is 0. The van der Waals surface area contributed by atoms with Crippen molar-refractivity contribution in [3.05, 3.63) is 86.0 Å². The number of aromatic nitrogens is 3. The molecule has 3 aromatic rings. The minimum atomic E-state index is -0.795. The molecule has 0 bridgehead atoms. The third-order valence-electron chi connectivity index (χ3n) is 5.81. The molecule has 0 aliphatic heterocycles. The van der Waals surface area contributed by atoms with Gasteiger partial charge in [-0.2, -0.15) is 0 Å². The Hall–Kier alpha value is -3.95. The summed E-state index contributed by atoms with van der Waals surface area (Å²) < 4.78 is 27.0. The van der Waals surface area contributed by atoms with Gasteiger partial charge in [0.05, 0.1) is 37.4 Å². The third-order valence-corrected chi connectivity index (χ3v) is 5.81. The van der Waals surface area contributed by atoms with Gasteiger partial charge in [-0.15, -0.1) is 0 Å². The molecule has 1 aromatic heterocycles. The Labute approximate surface area is 207 Å². The van der Waals surface area contributed by atoms with Crippen molar-refractivity contribution in [3.63, 3.8) is 0 Å². The van der Waals surface area contributed by atoms with Crippen molar-refractivity contribution in [1.82, 2.24) is 14.1 Å². The minimum absolute atomic E-state index is 0.0586. The highest BCUT2D eigenvalue weighted by atomic mass is 19.1. The molecule has 0 saturated heterocycles. The van der Waals surface area contributed by atoms with E-state index in [9.17, 15) is 18.8 Å². The third kappa shape index (κ3) is 5.99. The molecule has 0 aliphatic rings. The van der Waals surface area contributed by atoms with Gasteiger partial charge in [0.1, 0.15) is 0 Å². The molecule has 192 valence electrons. The summed E-state index contributed by atoms with van der Waals surface area (Å²) in [5.41, 5.74) is 0.552. The van der Waals surface area contributed by atoms with Crippen LogP contribution in [-0.4, -0.2) is 33.3 Å². The normalized spacial score (nSPS) is 13.5. The maximum Gasteiger partial charge on any atom is 0.335 e. The maximum absolute atomic E-state index is 14.6. The number of rotatable bonds is 8. The van der Waals surface area contributed by atoms with E-state index in [0.717, 1.165) is 15.7 Å². The van der Waals surface area contributed by atoms with Gasteiger partial charge in [-0.1, -0.05) is 29.8 Å². The number of hydrogen-bond acceptors (Lipinski definition) is 6. The SMILES string of the molecule is COC(=O)[C@@H](C)[C@@H](C)n1c(=O)[nH]/c(=N\c2ccc(OC(C)C)c(F)c2)n(Cc2ccc(C)cc2)c1=O. The van der Waals surface area contributed by atoms with E-state index in [4.69, 9.17) is 9.47 Å². The molecule has 2 aromatic carbocycles. The van der Waals surface area contributed by atoms with Gasteiger partial charge in [-0.25, -0.2) is 23.5 Å². The van der Waals surface area contributed by atoms with Crippen LogP contribution in [0, 0.1) is 18.7 Å². The van der Waals surface area contributed by atoms with Crippen LogP contribution in [0.1, 0.15) is 44.9 Å². The summed E-state index contributed by atoms with van der Waals surface area (Å²) in [4.78, 5) is 45.6. The van der Waals surface area contributed by atoms with Crippen LogP contribution >= 0.6 is 0 Å². The highest BCUT2D eigenvalue weighted by Crippen LogP contribution is 2.23. The molecule has 0 radical (unpaired) electrons. The molecular formula is C26H31FN4O5. The Morgan fingerprint density at radius 3 is 2.33 bits per heavy atom. The Balaban J connectivity index is 2.20. The van der Waals surface area contributed by atoms with Gasteiger partial charge in [0.25, 0.3) is 0 Å². The topological polar surface area (TPSA) is 108 Å². The van der Waals surface area contributed by atoms with Crippen molar-refractivity contribution >= 4 is 11.7 Å². The molecule has 0 saturated carbocycles. The number of benzene rings is 2. The second-order valence-corrected chi connectivity index (χ2v) is 8.92. The van der Waals surface area contributed by atoms with Gasteiger partial charge in [0.2, 0.25) is 5.62 Å². The first-order valence-electron chi connectivity index (χ1n) is 11.6. The molecule has 0 spiro atoms. The van der Waals surface area contributed by atoms with Crippen molar-refractivity contribution in [1.29, 1.82) is 0 Å². The number of halogens is 1. The number of hydrogen-bond donors (Lipinski definition) is 1. The molecule has 3 rings (SSSR count). The Bertz CT molecular complexity index is 1420. The van der Waals surface area contributed by atoms with E-state index < -0.39 is 35.1 Å². The lowest BCUT2D eigenvalue weighted by Crippen LogP contribution is -2.52. The number of aromatic amines is 1. The number of carbonyl (C=O) groups excluding carboxylic acids is 1. The van der Waals surface area contributed by atoms with Gasteiger partial charge in [0, 0.05) is 6.07 Å². The Morgan fingerprint density at radius 1 is 1.08 bits per heavy atom. The van der Waals surface area contributed by atoms with Crippen LogP contribution in [0.2, 0.25) is 0 Å². The number of aryl methyl sites for hydroxylation is 1. The van der Waals surface area contributed by atoms with E-state index in [1.165, 1.54) is 29.9 Å². The number of carbonyl (C=O) groups is 1. The maximum atomic E-state index is 14.6. The molecule has 0 aliphatic carbocycles. The second-order valence-electron chi connectivity index (χ2n) is 8.92. The van der Waals surface area contributed by atoms with Crippen molar-refractivity contribution in [3.8, 4) is 5.75 Å². The number of nitrogens with zero attached hydrogens (tertiary/aromatic N) is 3. The fraction of sp³-hybridized carbons (Fsp3) is 0.385. The van der Waals surface area contributed by atoms with E-state index in [2.05, 4.69) is 9.98 Å². The van der Waals surface area contributed by atoms with Crippen LogP contribution < -0.4 is 21.7 Å². The highest BCUT2D eigenvalue weighted by Gasteiger charge is 2.26. The monoisotopic (exact) mass is 498 g/mol. The van der Waals surface area contributed by atoms with Crippen LogP contribution in [0.3, 0.4) is 0 Å². The summed E-state index contributed by atoms with van der Waals surface area (Å²) in [7, 11) is 1.24. The lowest BCUT2D eigenvalue weighted by atomic mass is 10.0. The van der Waals surface area contributed by atoms with Crippen molar-refractivity contribution in [2.45, 2.75) is 53.3 Å². The van der Waals surface area contributed by atoms with Gasteiger partial charge in [0.15, 0.2) is 11.6 Å². The second kappa shape index (κ2) is 11.2. The predicted molar refractivity (Wildman–Crippen MR) is 133 cm³/mol. The van der Waals surface area contributed by atoms with Crippen LogP contribution in [0.4, 0.5) is 10.1 Å². The van der Waals surface area contributed by atoms with Crippen LogP contribution in [-0.2, 0) is 16.1 Å². The summed E-state index contributed by atoms with van der Waals surface area (Å²) in [5.74, 6) is -1.85. The summed E-state index contributed by atoms with van der Waals surface area (Å²) in [6.07, 6.45) is -0.211. The van der Waals surface area contributed by atoms with Gasteiger partial charge >= 0.3 is 17.3 Å². The largest absolute Gasteiger partial charge is 0.488 e. The van der Waals surface area contributed by atoms with Crippen LogP contribution in [0.15, 0.2) is 57.0 Å². The first-order valence-corrected chi connectivity index (χ1v) is 11.6. The first-order chi connectivity index (χ1) is 17.0. The fourth-order valence-corrected chi connectivity index (χ4v) is 3.63. The number of ether oxygens (including phenoxy) is 2. The smallest absolute Gasteiger partial charge is 0.335 e. The zero-order chi connectivity index (χ0) is 26.6. The first kappa shape index (κ1) is 26.7. The van der Waals surface area contributed by atoms with Crippen LogP contribution in [0.5, 0.6) is 5.75 Å². The van der Waals surface area contributed by atoms with Crippen molar-refractivity contribution in [2.75, 3.05) is 7.11 Å². The molecule has 9 nitrogen and oxygen atoms in total. The van der Waals surface area contributed by atoms with E-state index in [1.54, 1.807) is 27.7 Å². The lowest BCUT2D eigenvalue weighted by Gasteiger charge is -2.20. The minimum Gasteiger partial charge on any atom is -0.488 e. The average Bonchev–Trinajstić information content (AvgIpc) is 2.83. The average molecular weight is 499 g/mol. The Morgan fingerprint density at radius 2 is 1.75 bits per heavy atom. The molecule has 10 heteroatoms. The van der Waals surface area contributed by atoms with Gasteiger partial charge in [-0.3, -0.25) is 14.3 Å². The molecule has 2 atom stereocenters. The number of nitrogens with one attached hydrogen (secondary N) is 1. The molecular weight excluding hydrogens is 467 g/mol.